The molecule has 0 radical (unpaired) electrons. The van der Waals surface area contributed by atoms with Crippen molar-refractivity contribution in [2.75, 3.05) is 5.32 Å². The minimum atomic E-state index is -2.67. The molecular formula is C17H18BrF2N3O. The van der Waals surface area contributed by atoms with Gasteiger partial charge in [-0.2, -0.15) is 5.10 Å². The molecule has 4 nitrogen and oxygen atoms in total. The lowest BCUT2D eigenvalue weighted by Gasteiger charge is -2.11. The molecular weight excluding hydrogens is 380 g/mol. The van der Waals surface area contributed by atoms with Gasteiger partial charge < -0.3 is 5.32 Å². The second-order valence-corrected chi connectivity index (χ2v) is 6.91. The summed E-state index contributed by atoms with van der Waals surface area (Å²) in [5.74, 6) is -0.0747. The van der Waals surface area contributed by atoms with Gasteiger partial charge in [0, 0.05) is 11.6 Å². The Kier molecular flexibility index (Phi) is 4.71. The number of nitrogens with one attached hydrogen (secondary N) is 1. The summed E-state index contributed by atoms with van der Waals surface area (Å²) in [7, 11) is 0. The Bertz CT molecular complexity index is 784. The SMILES string of the molecule is Cc1cccc(NC(=O)Cn2nc(C(F)F)c(Br)c2C2CC2)c1C. The van der Waals surface area contributed by atoms with E-state index in [0.717, 1.165) is 29.7 Å². The molecule has 0 atom stereocenters. The third-order valence-electron chi connectivity index (χ3n) is 4.30. The zero-order valence-corrected chi connectivity index (χ0v) is 15.0. The summed E-state index contributed by atoms with van der Waals surface area (Å²) in [5.41, 5.74) is 3.20. The summed E-state index contributed by atoms with van der Waals surface area (Å²) in [6.45, 7) is 3.82. The zero-order valence-electron chi connectivity index (χ0n) is 13.4. The quantitative estimate of drug-likeness (QED) is 0.793. The molecule has 128 valence electrons. The van der Waals surface area contributed by atoms with Gasteiger partial charge in [-0.05, 0) is 59.8 Å². The number of carbonyl (C=O) groups excluding carboxylic acids is 1. The van der Waals surface area contributed by atoms with E-state index in [-0.39, 0.29) is 24.1 Å². The van der Waals surface area contributed by atoms with E-state index < -0.39 is 6.43 Å². The normalized spacial score (nSPS) is 14.2. The molecule has 1 heterocycles. The van der Waals surface area contributed by atoms with Crippen molar-refractivity contribution in [2.24, 2.45) is 0 Å². The average molecular weight is 398 g/mol. The van der Waals surface area contributed by atoms with Crippen molar-refractivity contribution in [2.45, 2.75) is 45.6 Å². The molecule has 0 saturated heterocycles. The van der Waals surface area contributed by atoms with Crippen molar-refractivity contribution in [1.82, 2.24) is 9.78 Å². The minimum Gasteiger partial charge on any atom is -0.324 e. The summed E-state index contributed by atoms with van der Waals surface area (Å²) in [6, 6.07) is 5.66. The number of hydrogen-bond acceptors (Lipinski definition) is 2. The first kappa shape index (κ1) is 17.1. The van der Waals surface area contributed by atoms with Gasteiger partial charge >= 0.3 is 0 Å². The summed E-state index contributed by atoms with van der Waals surface area (Å²) < 4.78 is 27.9. The molecule has 1 N–H and O–H groups in total. The maximum Gasteiger partial charge on any atom is 0.283 e. The average Bonchev–Trinajstić information content (AvgIpc) is 3.28. The van der Waals surface area contributed by atoms with Crippen LogP contribution in [-0.2, 0) is 11.3 Å². The Morgan fingerprint density at radius 3 is 2.75 bits per heavy atom. The monoisotopic (exact) mass is 397 g/mol. The fraction of sp³-hybridized carbons (Fsp3) is 0.412. The van der Waals surface area contributed by atoms with Gasteiger partial charge in [0.15, 0.2) is 0 Å². The highest BCUT2D eigenvalue weighted by Gasteiger charge is 2.34. The van der Waals surface area contributed by atoms with Crippen LogP contribution < -0.4 is 5.32 Å². The van der Waals surface area contributed by atoms with Crippen molar-refractivity contribution in [3.8, 4) is 0 Å². The molecule has 0 spiro atoms. The second kappa shape index (κ2) is 6.63. The number of hydrogen-bond donors (Lipinski definition) is 1. The first-order valence-corrected chi connectivity index (χ1v) is 8.58. The van der Waals surface area contributed by atoms with Crippen LogP contribution in [-0.4, -0.2) is 15.7 Å². The van der Waals surface area contributed by atoms with E-state index in [1.165, 1.54) is 4.68 Å². The smallest absolute Gasteiger partial charge is 0.283 e. The van der Waals surface area contributed by atoms with Gasteiger partial charge in [-0.15, -0.1) is 0 Å². The lowest BCUT2D eigenvalue weighted by molar-refractivity contribution is -0.117. The summed E-state index contributed by atoms with van der Waals surface area (Å²) in [5, 5.41) is 6.79. The van der Waals surface area contributed by atoms with E-state index in [9.17, 15) is 13.6 Å². The third kappa shape index (κ3) is 3.36. The number of rotatable bonds is 5. The number of amides is 1. The Morgan fingerprint density at radius 2 is 2.12 bits per heavy atom. The molecule has 1 amide bonds. The molecule has 24 heavy (non-hydrogen) atoms. The van der Waals surface area contributed by atoms with E-state index in [4.69, 9.17) is 0 Å². The van der Waals surface area contributed by atoms with Crippen LogP contribution >= 0.6 is 15.9 Å². The number of aryl methyl sites for hydroxylation is 1. The first-order chi connectivity index (χ1) is 11.4. The van der Waals surface area contributed by atoms with Crippen LogP contribution in [0.2, 0.25) is 0 Å². The Labute approximate surface area is 147 Å². The van der Waals surface area contributed by atoms with Crippen LogP contribution in [0.4, 0.5) is 14.5 Å². The Hall–Kier alpha value is -1.76. The molecule has 1 aromatic carbocycles. The molecule has 0 aliphatic heterocycles. The largest absolute Gasteiger partial charge is 0.324 e. The first-order valence-electron chi connectivity index (χ1n) is 7.78. The fourth-order valence-electron chi connectivity index (χ4n) is 2.69. The van der Waals surface area contributed by atoms with Crippen LogP contribution in [0.15, 0.2) is 22.7 Å². The predicted octanol–water partition coefficient (Wildman–Crippen LogP) is 4.72. The van der Waals surface area contributed by atoms with Crippen LogP contribution in [0.1, 0.15) is 47.7 Å². The molecule has 3 rings (SSSR count). The third-order valence-corrected chi connectivity index (χ3v) is 5.11. The number of nitrogens with zero attached hydrogens (tertiary/aromatic N) is 2. The number of carbonyl (C=O) groups is 1. The number of halogens is 3. The molecule has 1 aromatic heterocycles. The van der Waals surface area contributed by atoms with Crippen molar-refractivity contribution in [3.05, 3.63) is 45.2 Å². The summed E-state index contributed by atoms with van der Waals surface area (Å²) in [6.07, 6.45) is -0.794. The predicted molar refractivity (Wildman–Crippen MR) is 91.4 cm³/mol. The number of alkyl halides is 2. The lowest BCUT2D eigenvalue weighted by Crippen LogP contribution is -2.21. The standard InChI is InChI=1S/C17H18BrF2N3O/c1-9-4-3-5-12(10(9)2)21-13(24)8-23-16(11-6-7-11)14(18)15(22-23)17(19)20/h3-5,11,17H,6-8H2,1-2H3,(H,21,24). The van der Waals surface area contributed by atoms with Crippen LogP contribution in [0.25, 0.3) is 0 Å². The molecule has 2 aromatic rings. The lowest BCUT2D eigenvalue weighted by atomic mass is 10.1. The highest BCUT2D eigenvalue weighted by molar-refractivity contribution is 9.10. The number of anilines is 1. The molecule has 1 aliphatic rings. The highest BCUT2D eigenvalue weighted by atomic mass is 79.9. The molecule has 1 aliphatic carbocycles. The summed E-state index contributed by atoms with van der Waals surface area (Å²) in [4.78, 5) is 12.4. The number of benzene rings is 1. The van der Waals surface area contributed by atoms with Gasteiger partial charge in [0.05, 0.1) is 10.2 Å². The number of aromatic nitrogens is 2. The van der Waals surface area contributed by atoms with Gasteiger partial charge in [0.25, 0.3) is 6.43 Å². The maximum absolute atomic E-state index is 13.1. The molecule has 0 bridgehead atoms. The highest BCUT2D eigenvalue weighted by Crippen LogP contribution is 2.45. The van der Waals surface area contributed by atoms with Gasteiger partial charge in [-0.25, -0.2) is 8.78 Å². The molecule has 1 saturated carbocycles. The molecule has 1 fully saturated rings. The maximum atomic E-state index is 13.1. The van der Waals surface area contributed by atoms with E-state index in [1.54, 1.807) is 0 Å². The van der Waals surface area contributed by atoms with E-state index >= 15 is 0 Å². The topological polar surface area (TPSA) is 46.9 Å². The van der Waals surface area contributed by atoms with Crippen LogP contribution in [0, 0.1) is 13.8 Å². The Morgan fingerprint density at radius 1 is 1.42 bits per heavy atom. The van der Waals surface area contributed by atoms with Crippen LogP contribution in [0.3, 0.4) is 0 Å². The fourth-order valence-corrected chi connectivity index (χ4v) is 3.47. The van der Waals surface area contributed by atoms with Gasteiger partial charge in [-0.1, -0.05) is 12.1 Å². The van der Waals surface area contributed by atoms with Gasteiger partial charge in [-0.3, -0.25) is 9.48 Å². The van der Waals surface area contributed by atoms with Crippen molar-refractivity contribution in [1.29, 1.82) is 0 Å². The van der Waals surface area contributed by atoms with Gasteiger partial charge in [0.1, 0.15) is 12.2 Å². The van der Waals surface area contributed by atoms with Crippen molar-refractivity contribution >= 4 is 27.5 Å². The van der Waals surface area contributed by atoms with E-state index in [2.05, 4.69) is 26.3 Å². The van der Waals surface area contributed by atoms with Crippen LogP contribution in [0.5, 0.6) is 0 Å². The molecule has 0 unspecified atom stereocenters. The van der Waals surface area contributed by atoms with Gasteiger partial charge in [0.2, 0.25) is 5.91 Å². The van der Waals surface area contributed by atoms with E-state index in [0.29, 0.717) is 10.2 Å². The van der Waals surface area contributed by atoms with Crippen molar-refractivity contribution < 1.29 is 13.6 Å². The van der Waals surface area contributed by atoms with Crippen molar-refractivity contribution in [3.63, 3.8) is 0 Å². The van der Waals surface area contributed by atoms with E-state index in [1.807, 2.05) is 32.0 Å². The second-order valence-electron chi connectivity index (χ2n) is 6.11. The Balaban J connectivity index is 1.81. The zero-order chi connectivity index (χ0) is 17.4. The summed E-state index contributed by atoms with van der Waals surface area (Å²) >= 11 is 3.23. The minimum absolute atomic E-state index is 0.0788. The molecule has 7 heteroatoms.